The van der Waals surface area contributed by atoms with E-state index in [4.69, 9.17) is 16.3 Å². The van der Waals surface area contributed by atoms with Gasteiger partial charge in [0.15, 0.2) is 0 Å². The molecule has 27 heavy (non-hydrogen) atoms. The highest BCUT2D eigenvalue weighted by molar-refractivity contribution is 7.13. The number of amides is 1. The molecule has 4 nitrogen and oxygen atoms in total. The molecular weight excluding hydrogens is 387 g/mol. The number of rotatable bonds is 7. The molecule has 0 radical (unpaired) electrons. The van der Waals surface area contributed by atoms with Crippen molar-refractivity contribution >= 4 is 28.8 Å². The molecule has 0 aliphatic carbocycles. The van der Waals surface area contributed by atoms with Crippen molar-refractivity contribution < 1.29 is 13.9 Å². The molecule has 0 aliphatic heterocycles. The van der Waals surface area contributed by atoms with Crippen LogP contribution in [0.2, 0.25) is 5.02 Å². The van der Waals surface area contributed by atoms with E-state index in [0.29, 0.717) is 40.2 Å². The van der Waals surface area contributed by atoms with Crippen LogP contribution >= 0.6 is 22.9 Å². The molecule has 0 spiro atoms. The Morgan fingerprint density at radius 1 is 1.26 bits per heavy atom. The predicted molar refractivity (Wildman–Crippen MR) is 106 cm³/mol. The van der Waals surface area contributed by atoms with Crippen molar-refractivity contribution in [2.24, 2.45) is 0 Å². The van der Waals surface area contributed by atoms with Crippen molar-refractivity contribution in [3.8, 4) is 16.3 Å². The van der Waals surface area contributed by atoms with Crippen LogP contribution in [0.4, 0.5) is 4.39 Å². The maximum Gasteiger partial charge on any atom is 0.270 e. The Morgan fingerprint density at radius 2 is 2.04 bits per heavy atom. The van der Waals surface area contributed by atoms with Gasteiger partial charge < -0.3 is 10.1 Å². The lowest BCUT2D eigenvalue weighted by Gasteiger charge is -2.08. The molecule has 0 unspecified atom stereocenters. The second kappa shape index (κ2) is 8.97. The van der Waals surface area contributed by atoms with Gasteiger partial charge in [0.25, 0.3) is 5.91 Å². The average molecular weight is 405 g/mol. The zero-order valence-corrected chi connectivity index (χ0v) is 16.2. The second-order valence-corrected chi connectivity index (χ2v) is 7.15. The number of benzene rings is 2. The molecule has 1 heterocycles. The van der Waals surface area contributed by atoms with E-state index in [1.165, 1.54) is 17.4 Å². The third kappa shape index (κ3) is 5.05. The van der Waals surface area contributed by atoms with Crippen molar-refractivity contribution in [3.63, 3.8) is 0 Å². The maximum absolute atomic E-state index is 14.5. The van der Waals surface area contributed by atoms with Gasteiger partial charge in [-0.15, -0.1) is 11.3 Å². The zero-order chi connectivity index (χ0) is 19.2. The first-order valence-corrected chi connectivity index (χ1v) is 9.73. The number of nitrogens with one attached hydrogen (secondary N) is 1. The molecule has 7 heteroatoms. The van der Waals surface area contributed by atoms with Gasteiger partial charge in [-0.1, -0.05) is 30.7 Å². The van der Waals surface area contributed by atoms with Crippen LogP contribution in [-0.4, -0.2) is 17.4 Å². The van der Waals surface area contributed by atoms with Gasteiger partial charge in [0.05, 0.1) is 0 Å². The smallest absolute Gasteiger partial charge is 0.270 e. The average Bonchev–Trinajstić information content (AvgIpc) is 3.15. The summed E-state index contributed by atoms with van der Waals surface area (Å²) in [6.45, 7) is 2.87. The summed E-state index contributed by atoms with van der Waals surface area (Å²) < 4.78 is 20.1. The van der Waals surface area contributed by atoms with Crippen molar-refractivity contribution in [2.45, 2.75) is 20.0 Å². The van der Waals surface area contributed by atoms with Crippen molar-refractivity contribution in [1.82, 2.24) is 10.3 Å². The summed E-state index contributed by atoms with van der Waals surface area (Å²) in [5, 5.41) is 5.50. The second-order valence-electron chi connectivity index (χ2n) is 5.85. The predicted octanol–water partition coefficient (Wildman–Crippen LogP) is 5.32. The molecule has 0 bridgehead atoms. The van der Waals surface area contributed by atoms with Gasteiger partial charge in [0.1, 0.15) is 28.9 Å². The van der Waals surface area contributed by atoms with Crippen LogP contribution in [-0.2, 0) is 6.61 Å². The van der Waals surface area contributed by atoms with E-state index in [0.717, 1.165) is 12.0 Å². The monoisotopic (exact) mass is 404 g/mol. The number of ether oxygens (including phenoxy) is 1. The van der Waals surface area contributed by atoms with Crippen molar-refractivity contribution in [1.29, 1.82) is 0 Å². The minimum absolute atomic E-state index is 0.248. The number of halogens is 2. The normalized spacial score (nSPS) is 10.6. The Morgan fingerprint density at radius 3 is 2.74 bits per heavy atom. The van der Waals surface area contributed by atoms with Crippen LogP contribution in [0.1, 0.15) is 29.4 Å². The number of nitrogens with zero attached hydrogens (tertiary/aromatic N) is 1. The van der Waals surface area contributed by atoms with Gasteiger partial charge in [0, 0.05) is 28.6 Å². The van der Waals surface area contributed by atoms with Crippen LogP contribution in [0.5, 0.6) is 5.75 Å². The molecule has 0 aliphatic rings. The highest BCUT2D eigenvalue weighted by Crippen LogP contribution is 2.29. The summed E-state index contributed by atoms with van der Waals surface area (Å²) in [4.78, 5) is 16.2. The fourth-order valence-corrected chi connectivity index (χ4v) is 3.29. The summed E-state index contributed by atoms with van der Waals surface area (Å²) in [5.41, 5.74) is 1.57. The van der Waals surface area contributed by atoms with E-state index >= 15 is 0 Å². The Hall–Kier alpha value is -2.44. The fraction of sp³-hybridized carbons (Fsp3) is 0.200. The summed E-state index contributed by atoms with van der Waals surface area (Å²) >= 11 is 7.08. The largest absolute Gasteiger partial charge is 0.489 e. The Kier molecular flexibility index (Phi) is 6.42. The molecule has 1 N–H and O–H groups in total. The molecule has 1 aromatic heterocycles. The van der Waals surface area contributed by atoms with Crippen LogP contribution in [0.15, 0.2) is 47.8 Å². The minimum atomic E-state index is -0.446. The lowest BCUT2D eigenvalue weighted by molar-refractivity contribution is 0.0949. The van der Waals surface area contributed by atoms with Crippen LogP contribution in [0.3, 0.4) is 0 Å². The molecule has 0 atom stereocenters. The Bertz CT molecular complexity index is 928. The van der Waals surface area contributed by atoms with Gasteiger partial charge in [-0.2, -0.15) is 0 Å². The van der Waals surface area contributed by atoms with Gasteiger partial charge in [0.2, 0.25) is 0 Å². The molecular formula is C20H18ClFN2O2S. The van der Waals surface area contributed by atoms with E-state index in [1.54, 1.807) is 29.6 Å². The molecule has 3 aromatic rings. The third-order valence-corrected chi connectivity index (χ3v) is 4.89. The Labute approximate surface area is 166 Å². The van der Waals surface area contributed by atoms with Crippen LogP contribution in [0.25, 0.3) is 10.6 Å². The topological polar surface area (TPSA) is 51.2 Å². The van der Waals surface area contributed by atoms with Gasteiger partial charge in [-0.3, -0.25) is 4.79 Å². The van der Waals surface area contributed by atoms with Gasteiger partial charge >= 0.3 is 0 Å². The number of thiazole rings is 1. The lowest BCUT2D eigenvalue weighted by Crippen LogP contribution is -2.24. The summed E-state index contributed by atoms with van der Waals surface area (Å²) in [6.07, 6.45) is 0.842. The van der Waals surface area contributed by atoms with E-state index < -0.39 is 5.82 Å². The quantitative estimate of drug-likeness (QED) is 0.579. The number of carbonyl (C=O) groups is 1. The fourth-order valence-electron chi connectivity index (χ4n) is 2.34. The van der Waals surface area contributed by atoms with Crippen molar-refractivity contribution in [3.05, 3.63) is 69.9 Å². The first-order chi connectivity index (χ1) is 13.1. The molecule has 2 aromatic carbocycles. The SMILES string of the molecule is CCCNC(=O)c1csc(-c2ccc(OCc3ccc(Cl)cc3)cc2F)n1. The zero-order valence-electron chi connectivity index (χ0n) is 14.7. The van der Waals surface area contributed by atoms with E-state index in [9.17, 15) is 9.18 Å². The van der Waals surface area contributed by atoms with E-state index in [-0.39, 0.29) is 5.91 Å². The number of hydrogen-bond donors (Lipinski definition) is 1. The van der Waals surface area contributed by atoms with E-state index in [1.807, 2.05) is 19.1 Å². The molecule has 0 fully saturated rings. The number of aromatic nitrogens is 1. The molecule has 1 amide bonds. The highest BCUT2D eigenvalue weighted by Gasteiger charge is 2.14. The van der Waals surface area contributed by atoms with E-state index in [2.05, 4.69) is 10.3 Å². The highest BCUT2D eigenvalue weighted by atomic mass is 35.5. The number of hydrogen-bond acceptors (Lipinski definition) is 4. The number of carbonyl (C=O) groups excluding carboxylic acids is 1. The summed E-state index contributed by atoms with van der Waals surface area (Å²) in [7, 11) is 0. The van der Waals surface area contributed by atoms with Crippen molar-refractivity contribution in [2.75, 3.05) is 6.54 Å². The molecule has 0 saturated carbocycles. The lowest BCUT2D eigenvalue weighted by atomic mass is 10.2. The van der Waals surface area contributed by atoms with Gasteiger partial charge in [-0.05, 0) is 36.2 Å². The first kappa shape index (κ1) is 19.3. The van der Waals surface area contributed by atoms with Crippen LogP contribution < -0.4 is 10.1 Å². The molecule has 3 rings (SSSR count). The maximum atomic E-state index is 14.5. The molecule has 0 saturated heterocycles. The third-order valence-electron chi connectivity index (χ3n) is 3.76. The van der Waals surface area contributed by atoms with Gasteiger partial charge in [-0.25, -0.2) is 9.37 Å². The Balaban J connectivity index is 1.68. The first-order valence-electron chi connectivity index (χ1n) is 8.47. The summed E-state index contributed by atoms with van der Waals surface area (Å²) in [5.74, 6) is -0.273. The van der Waals surface area contributed by atoms with Crippen LogP contribution in [0, 0.1) is 5.82 Å². The standard InChI is InChI=1S/C20H18ClFN2O2S/c1-2-9-23-19(25)18-12-27-20(24-18)16-8-7-15(10-17(16)22)26-11-13-3-5-14(21)6-4-13/h3-8,10,12H,2,9,11H2,1H3,(H,23,25). The molecule has 140 valence electrons. The summed E-state index contributed by atoms with van der Waals surface area (Å²) in [6, 6.07) is 11.9. The minimum Gasteiger partial charge on any atom is -0.489 e.